The molecule has 8 heteroatoms. The average Bonchev–Trinajstić information content (AvgIpc) is 3.29. The summed E-state index contributed by atoms with van der Waals surface area (Å²) < 4.78 is 8.70. The standard InChI is InChI=1S/C17H22N6O2/c1-20(2)14-10-22(11-15(14)23-7-6-18-19-23)9-12-4-5-16-13(8-12)21(3)17(24)25-16/h4-8,14-15H,9-11H2,1-3H3/t14-,15+/m1/s1. The fourth-order valence-corrected chi connectivity index (χ4v) is 3.67. The van der Waals surface area contributed by atoms with E-state index in [4.69, 9.17) is 4.42 Å². The Labute approximate surface area is 145 Å². The molecule has 0 bridgehead atoms. The lowest BCUT2D eigenvalue weighted by Gasteiger charge is -2.24. The lowest BCUT2D eigenvalue weighted by atomic mass is 10.1. The summed E-state index contributed by atoms with van der Waals surface area (Å²) in [7, 11) is 5.94. The lowest BCUT2D eigenvalue weighted by Crippen LogP contribution is -2.36. The van der Waals surface area contributed by atoms with E-state index in [2.05, 4.69) is 34.2 Å². The first-order valence-electron chi connectivity index (χ1n) is 8.36. The summed E-state index contributed by atoms with van der Waals surface area (Å²) in [6.07, 6.45) is 3.65. The molecule has 0 unspecified atom stereocenters. The number of hydrogen-bond donors (Lipinski definition) is 0. The predicted molar refractivity (Wildman–Crippen MR) is 93.3 cm³/mol. The van der Waals surface area contributed by atoms with Crippen LogP contribution in [0.3, 0.4) is 0 Å². The van der Waals surface area contributed by atoms with Crippen LogP contribution in [0.2, 0.25) is 0 Å². The summed E-state index contributed by atoms with van der Waals surface area (Å²) in [5, 5.41) is 8.14. The smallest absolute Gasteiger partial charge is 0.408 e. The van der Waals surface area contributed by atoms with Crippen LogP contribution in [-0.4, -0.2) is 62.6 Å². The van der Waals surface area contributed by atoms with E-state index in [1.807, 2.05) is 29.1 Å². The summed E-state index contributed by atoms with van der Waals surface area (Å²) in [6, 6.07) is 6.59. The number of benzene rings is 1. The summed E-state index contributed by atoms with van der Waals surface area (Å²) in [5.74, 6) is -0.327. The Morgan fingerprint density at radius 3 is 2.88 bits per heavy atom. The molecule has 8 nitrogen and oxygen atoms in total. The van der Waals surface area contributed by atoms with Crippen molar-refractivity contribution >= 4 is 11.1 Å². The summed E-state index contributed by atoms with van der Waals surface area (Å²) in [5.41, 5.74) is 2.63. The lowest BCUT2D eigenvalue weighted by molar-refractivity contribution is 0.237. The Hall–Kier alpha value is -2.45. The van der Waals surface area contributed by atoms with E-state index in [0.29, 0.717) is 11.6 Å². The van der Waals surface area contributed by atoms with Gasteiger partial charge < -0.3 is 9.32 Å². The maximum atomic E-state index is 11.7. The molecule has 1 aliphatic heterocycles. The molecule has 2 aromatic heterocycles. The van der Waals surface area contributed by atoms with Crippen LogP contribution in [0.25, 0.3) is 11.1 Å². The Morgan fingerprint density at radius 2 is 2.16 bits per heavy atom. The van der Waals surface area contributed by atoms with Gasteiger partial charge in [0, 0.05) is 38.9 Å². The van der Waals surface area contributed by atoms with E-state index in [0.717, 1.165) is 25.2 Å². The molecule has 1 aliphatic rings. The van der Waals surface area contributed by atoms with Crippen LogP contribution in [0.4, 0.5) is 0 Å². The highest BCUT2D eigenvalue weighted by Crippen LogP contribution is 2.26. The Balaban J connectivity index is 1.57. The molecule has 132 valence electrons. The molecular weight excluding hydrogens is 320 g/mol. The molecule has 0 aliphatic carbocycles. The number of likely N-dealkylation sites (tertiary alicyclic amines) is 1. The van der Waals surface area contributed by atoms with E-state index in [1.54, 1.807) is 17.8 Å². The van der Waals surface area contributed by atoms with Crippen molar-refractivity contribution in [3.63, 3.8) is 0 Å². The van der Waals surface area contributed by atoms with E-state index in [-0.39, 0.29) is 11.8 Å². The first-order chi connectivity index (χ1) is 12.0. The molecule has 25 heavy (non-hydrogen) atoms. The minimum Gasteiger partial charge on any atom is -0.408 e. The molecule has 1 aromatic carbocycles. The van der Waals surface area contributed by atoms with Crippen LogP contribution in [0.15, 0.2) is 39.8 Å². The molecule has 0 spiro atoms. The van der Waals surface area contributed by atoms with Crippen LogP contribution in [-0.2, 0) is 13.6 Å². The molecular formula is C17H22N6O2. The van der Waals surface area contributed by atoms with Crippen molar-refractivity contribution in [2.45, 2.75) is 18.6 Å². The number of oxazole rings is 1. The monoisotopic (exact) mass is 342 g/mol. The minimum atomic E-state index is -0.327. The largest absolute Gasteiger partial charge is 0.419 e. The average molecular weight is 342 g/mol. The highest BCUT2D eigenvalue weighted by molar-refractivity contribution is 5.73. The van der Waals surface area contributed by atoms with Gasteiger partial charge in [0.25, 0.3) is 0 Å². The number of hydrogen-bond acceptors (Lipinski definition) is 6. The van der Waals surface area contributed by atoms with E-state index >= 15 is 0 Å². The molecule has 3 heterocycles. The first-order valence-corrected chi connectivity index (χ1v) is 8.36. The zero-order valence-electron chi connectivity index (χ0n) is 14.7. The molecule has 1 saturated heterocycles. The number of aryl methyl sites for hydroxylation is 1. The van der Waals surface area contributed by atoms with Crippen molar-refractivity contribution in [1.29, 1.82) is 0 Å². The third-order valence-corrected chi connectivity index (χ3v) is 5.04. The quantitative estimate of drug-likeness (QED) is 0.695. The number of rotatable bonds is 4. The topological polar surface area (TPSA) is 72.3 Å². The number of likely N-dealkylation sites (N-methyl/N-ethyl adjacent to an activating group) is 1. The SMILES string of the molecule is CN(C)[C@@H]1CN(Cc2ccc3oc(=O)n(C)c3c2)C[C@@H]1n1ccnn1. The summed E-state index contributed by atoms with van der Waals surface area (Å²) >= 11 is 0. The van der Waals surface area contributed by atoms with E-state index in [9.17, 15) is 4.79 Å². The molecule has 2 atom stereocenters. The van der Waals surface area contributed by atoms with Gasteiger partial charge in [0.2, 0.25) is 0 Å². The van der Waals surface area contributed by atoms with Crippen LogP contribution >= 0.6 is 0 Å². The van der Waals surface area contributed by atoms with Gasteiger partial charge in [0.15, 0.2) is 5.58 Å². The van der Waals surface area contributed by atoms with Crippen LogP contribution < -0.4 is 5.76 Å². The van der Waals surface area contributed by atoms with Crippen LogP contribution in [0.5, 0.6) is 0 Å². The third-order valence-electron chi connectivity index (χ3n) is 5.04. The van der Waals surface area contributed by atoms with Gasteiger partial charge in [-0.1, -0.05) is 11.3 Å². The Bertz CT molecular complexity index is 926. The van der Waals surface area contributed by atoms with Gasteiger partial charge in [-0.2, -0.15) is 0 Å². The van der Waals surface area contributed by atoms with Crippen molar-refractivity contribution in [3.8, 4) is 0 Å². The van der Waals surface area contributed by atoms with Crippen molar-refractivity contribution in [2.24, 2.45) is 7.05 Å². The summed E-state index contributed by atoms with van der Waals surface area (Å²) in [6.45, 7) is 2.69. The van der Waals surface area contributed by atoms with Gasteiger partial charge in [-0.3, -0.25) is 9.47 Å². The molecule has 3 aromatic rings. The normalized spacial score (nSPS) is 21.6. The fourth-order valence-electron chi connectivity index (χ4n) is 3.67. The number of aromatic nitrogens is 4. The van der Waals surface area contributed by atoms with Crippen molar-refractivity contribution < 1.29 is 4.42 Å². The number of fused-ring (bicyclic) bond motifs is 1. The zero-order chi connectivity index (χ0) is 17.6. The maximum Gasteiger partial charge on any atom is 0.419 e. The predicted octanol–water partition coefficient (Wildman–Crippen LogP) is 0.710. The first kappa shape index (κ1) is 16.0. The highest BCUT2D eigenvalue weighted by Gasteiger charge is 2.35. The van der Waals surface area contributed by atoms with Gasteiger partial charge >= 0.3 is 5.76 Å². The minimum absolute atomic E-state index is 0.277. The summed E-state index contributed by atoms with van der Waals surface area (Å²) in [4.78, 5) is 16.3. The van der Waals surface area contributed by atoms with Gasteiger partial charge in [0.1, 0.15) is 0 Å². The van der Waals surface area contributed by atoms with Crippen molar-refractivity contribution in [1.82, 2.24) is 29.4 Å². The van der Waals surface area contributed by atoms with Crippen molar-refractivity contribution in [2.75, 3.05) is 27.2 Å². The van der Waals surface area contributed by atoms with Crippen LogP contribution in [0.1, 0.15) is 11.6 Å². The van der Waals surface area contributed by atoms with Crippen molar-refractivity contribution in [3.05, 3.63) is 46.7 Å². The molecule has 0 N–H and O–H groups in total. The van der Waals surface area contributed by atoms with E-state index < -0.39 is 0 Å². The Kier molecular flexibility index (Phi) is 3.93. The molecule has 0 amide bonds. The Morgan fingerprint density at radius 1 is 1.32 bits per heavy atom. The number of nitrogens with zero attached hydrogens (tertiary/aromatic N) is 6. The van der Waals surface area contributed by atoms with Gasteiger partial charge in [-0.15, -0.1) is 5.10 Å². The van der Waals surface area contributed by atoms with Gasteiger partial charge in [-0.25, -0.2) is 9.48 Å². The molecule has 0 radical (unpaired) electrons. The second-order valence-electron chi connectivity index (χ2n) is 6.90. The molecule has 0 saturated carbocycles. The maximum absolute atomic E-state index is 11.7. The second-order valence-corrected chi connectivity index (χ2v) is 6.90. The van der Waals surface area contributed by atoms with Gasteiger partial charge in [0.05, 0.1) is 17.8 Å². The van der Waals surface area contributed by atoms with Crippen LogP contribution in [0, 0.1) is 0 Å². The second kappa shape index (κ2) is 6.12. The van der Waals surface area contributed by atoms with E-state index in [1.165, 1.54) is 5.56 Å². The fraction of sp³-hybridized carbons (Fsp3) is 0.471. The van der Waals surface area contributed by atoms with Gasteiger partial charge in [-0.05, 0) is 31.8 Å². The molecule has 4 rings (SSSR count). The third kappa shape index (κ3) is 2.87. The molecule has 1 fully saturated rings. The highest BCUT2D eigenvalue weighted by atomic mass is 16.4. The zero-order valence-corrected chi connectivity index (χ0v) is 14.7.